The molecule has 0 bridgehead atoms. The summed E-state index contributed by atoms with van der Waals surface area (Å²) in [7, 11) is 4.66. The number of nitrogens with two attached hydrogens (primary N) is 1. The number of ether oxygens (including phenoxy) is 3. The lowest BCUT2D eigenvalue weighted by atomic mass is 9.86. The molecule has 1 unspecified atom stereocenters. The lowest BCUT2D eigenvalue weighted by molar-refractivity contribution is -0.125. The van der Waals surface area contributed by atoms with Crippen LogP contribution in [-0.4, -0.2) is 33.3 Å². The molecule has 6 nitrogen and oxygen atoms in total. The van der Waals surface area contributed by atoms with E-state index in [-0.39, 0.29) is 29.8 Å². The van der Waals surface area contributed by atoms with E-state index in [1.165, 1.54) is 0 Å². The van der Waals surface area contributed by atoms with Crippen LogP contribution < -0.4 is 25.3 Å². The maximum Gasteiger partial charge on any atom is 0.237 e. The average molecular weight is 361 g/mol. The Morgan fingerprint density at radius 2 is 1.54 bits per heavy atom. The second-order valence-electron chi connectivity index (χ2n) is 6.53. The molecule has 1 aromatic rings. The molecule has 0 aliphatic rings. The second-order valence-corrected chi connectivity index (χ2v) is 6.53. The SMILES string of the molecule is COc1cc(C(C)NC(=O)[C@@H](N)C(C)(C)C)cc(OC)c1OC.Cl. The Kier molecular flexibility index (Phi) is 8.37. The predicted octanol–water partition coefficient (Wildman–Crippen LogP) is 2.68. The molecule has 1 rings (SSSR count). The fourth-order valence-corrected chi connectivity index (χ4v) is 2.13. The number of hydrogen-bond donors (Lipinski definition) is 2. The number of carbonyl (C=O) groups excluding carboxylic acids is 1. The Labute approximate surface area is 150 Å². The number of benzene rings is 1. The van der Waals surface area contributed by atoms with Gasteiger partial charge in [0.05, 0.1) is 33.4 Å². The summed E-state index contributed by atoms with van der Waals surface area (Å²) in [5, 5.41) is 2.93. The summed E-state index contributed by atoms with van der Waals surface area (Å²) in [6, 6.07) is 2.79. The van der Waals surface area contributed by atoms with Crippen molar-refractivity contribution in [2.24, 2.45) is 11.1 Å². The summed E-state index contributed by atoms with van der Waals surface area (Å²) in [6.45, 7) is 7.68. The summed E-state index contributed by atoms with van der Waals surface area (Å²) < 4.78 is 16.0. The lowest BCUT2D eigenvalue weighted by Crippen LogP contribution is -2.49. The number of carbonyl (C=O) groups is 1. The Balaban J connectivity index is 0.00000529. The number of nitrogens with one attached hydrogen (secondary N) is 1. The molecule has 0 spiro atoms. The molecule has 1 amide bonds. The highest BCUT2D eigenvalue weighted by atomic mass is 35.5. The molecule has 2 atom stereocenters. The van der Waals surface area contributed by atoms with Crippen LogP contribution in [0.4, 0.5) is 0 Å². The maximum atomic E-state index is 12.3. The summed E-state index contributed by atoms with van der Waals surface area (Å²) in [4.78, 5) is 12.3. The van der Waals surface area contributed by atoms with Gasteiger partial charge in [-0.25, -0.2) is 0 Å². The summed E-state index contributed by atoms with van der Waals surface area (Å²) in [5.41, 5.74) is 6.53. The smallest absolute Gasteiger partial charge is 0.237 e. The first-order valence-corrected chi connectivity index (χ1v) is 7.51. The zero-order chi connectivity index (χ0) is 17.8. The molecule has 0 saturated carbocycles. The van der Waals surface area contributed by atoms with Gasteiger partial charge in [-0.15, -0.1) is 12.4 Å². The van der Waals surface area contributed by atoms with E-state index in [1.807, 2.05) is 39.8 Å². The molecule has 0 aromatic heterocycles. The number of halogens is 1. The minimum absolute atomic E-state index is 0. The molecule has 0 heterocycles. The van der Waals surface area contributed by atoms with Gasteiger partial charge in [-0.2, -0.15) is 0 Å². The van der Waals surface area contributed by atoms with Crippen molar-refractivity contribution in [1.82, 2.24) is 5.32 Å². The van der Waals surface area contributed by atoms with Crippen molar-refractivity contribution in [2.45, 2.75) is 39.8 Å². The van der Waals surface area contributed by atoms with Gasteiger partial charge in [-0.05, 0) is 30.0 Å². The van der Waals surface area contributed by atoms with E-state index < -0.39 is 6.04 Å². The van der Waals surface area contributed by atoms with Crippen LogP contribution in [0.2, 0.25) is 0 Å². The van der Waals surface area contributed by atoms with E-state index in [0.29, 0.717) is 17.2 Å². The molecule has 24 heavy (non-hydrogen) atoms. The van der Waals surface area contributed by atoms with Gasteiger partial charge in [0.25, 0.3) is 0 Å². The predicted molar refractivity (Wildman–Crippen MR) is 97.3 cm³/mol. The van der Waals surface area contributed by atoms with E-state index in [9.17, 15) is 4.79 Å². The van der Waals surface area contributed by atoms with Crippen molar-refractivity contribution >= 4 is 18.3 Å². The zero-order valence-corrected chi connectivity index (χ0v) is 16.2. The molecule has 1 aromatic carbocycles. The van der Waals surface area contributed by atoms with Crippen LogP contribution in [0.3, 0.4) is 0 Å². The number of rotatable bonds is 6. The van der Waals surface area contributed by atoms with Crippen molar-refractivity contribution in [2.75, 3.05) is 21.3 Å². The van der Waals surface area contributed by atoms with Gasteiger partial charge < -0.3 is 25.3 Å². The van der Waals surface area contributed by atoms with Crippen LogP contribution in [0, 0.1) is 5.41 Å². The highest BCUT2D eigenvalue weighted by molar-refractivity contribution is 5.85. The molecular weight excluding hydrogens is 332 g/mol. The molecule has 138 valence electrons. The zero-order valence-electron chi connectivity index (χ0n) is 15.4. The van der Waals surface area contributed by atoms with Crippen LogP contribution in [0.1, 0.15) is 39.3 Å². The first kappa shape index (κ1) is 22.3. The van der Waals surface area contributed by atoms with Crippen molar-refractivity contribution in [1.29, 1.82) is 0 Å². The lowest BCUT2D eigenvalue weighted by Gasteiger charge is -2.27. The van der Waals surface area contributed by atoms with Crippen molar-refractivity contribution in [3.8, 4) is 17.2 Å². The van der Waals surface area contributed by atoms with E-state index >= 15 is 0 Å². The summed E-state index contributed by atoms with van der Waals surface area (Å²) in [6.07, 6.45) is 0. The Hall–Kier alpha value is -1.66. The topological polar surface area (TPSA) is 82.8 Å². The average Bonchev–Trinajstić information content (AvgIpc) is 2.51. The van der Waals surface area contributed by atoms with Crippen LogP contribution in [0.25, 0.3) is 0 Å². The standard InChI is InChI=1S/C17H28N2O4.ClH/c1-10(19-16(20)15(18)17(2,3)4)11-8-12(21-5)14(23-7)13(9-11)22-6;/h8-10,15H,18H2,1-7H3,(H,19,20);1H/t10?,15-;/m1./s1. The van der Waals surface area contributed by atoms with E-state index in [4.69, 9.17) is 19.9 Å². The molecule has 0 radical (unpaired) electrons. The number of amides is 1. The van der Waals surface area contributed by atoms with Gasteiger partial charge in [0.2, 0.25) is 11.7 Å². The highest BCUT2D eigenvalue weighted by Crippen LogP contribution is 2.39. The van der Waals surface area contributed by atoms with Gasteiger partial charge in [-0.1, -0.05) is 20.8 Å². The maximum absolute atomic E-state index is 12.3. The third-order valence-corrected chi connectivity index (χ3v) is 3.76. The van der Waals surface area contributed by atoms with Crippen molar-refractivity contribution in [3.63, 3.8) is 0 Å². The first-order valence-electron chi connectivity index (χ1n) is 7.51. The molecular formula is C17H29ClN2O4. The summed E-state index contributed by atoms with van der Waals surface area (Å²) in [5.74, 6) is 1.41. The van der Waals surface area contributed by atoms with E-state index in [2.05, 4.69) is 5.32 Å². The molecule has 0 fully saturated rings. The normalized spacial score (nSPS) is 13.3. The largest absolute Gasteiger partial charge is 0.493 e. The molecule has 0 aliphatic heterocycles. The number of hydrogen-bond acceptors (Lipinski definition) is 5. The molecule has 0 saturated heterocycles. The molecule has 0 aliphatic carbocycles. The van der Waals surface area contributed by atoms with Crippen LogP contribution in [0.15, 0.2) is 12.1 Å². The van der Waals surface area contributed by atoms with E-state index in [1.54, 1.807) is 21.3 Å². The molecule has 3 N–H and O–H groups in total. The Morgan fingerprint density at radius 1 is 1.08 bits per heavy atom. The van der Waals surface area contributed by atoms with Crippen LogP contribution >= 0.6 is 12.4 Å². The fraction of sp³-hybridized carbons (Fsp3) is 0.588. The number of methoxy groups -OCH3 is 3. The Morgan fingerprint density at radius 3 is 1.88 bits per heavy atom. The monoisotopic (exact) mass is 360 g/mol. The van der Waals surface area contributed by atoms with Gasteiger partial charge in [0, 0.05) is 0 Å². The quantitative estimate of drug-likeness (QED) is 0.815. The van der Waals surface area contributed by atoms with E-state index in [0.717, 1.165) is 5.56 Å². The third-order valence-electron chi connectivity index (χ3n) is 3.76. The third kappa shape index (κ3) is 5.18. The Bertz CT molecular complexity index is 533. The van der Waals surface area contributed by atoms with Crippen LogP contribution in [-0.2, 0) is 4.79 Å². The molecule has 7 heteroatoms. The van der Waals surface area contributed by atoms with Crippen molar-refractivity contribution < 1.29 is 19.0 Å². The van der Waals surface area contributed by atoms with Crippen molar-refractivity contribution in [3.05, 3.63) is 17.7 Å². The van der Waals surface area contributed by atoms with Gasteiger partial charge in [0.1, 0.15) is 0 Å². The second kappa shape index (κ2) is 8.99. The van der Waals surface area contributed by atoms with Gasteiger partial charge >= 0.3 is 0 Å². The summed E-state index contributed by atoms with van der Waals surface area (Å²) >= 11 is 0. The highest BCUT2D eigenvalue weighted by Gasteiger charge is 2.28. The minimum Gasteiger partial charge on any atom is -0.493 e. The fourth-order valence-electron chi connectivity index (χ4n) is 2.13. The minimum atomic E-state index is -0.591. The van der Waals surface area contributed by atoms with Gasteiger partial charge in [-0.3, -0.25) is 4.79 Å². The van der Waals surface area contributed by atoms with Gasteiger partial charge in [0.15, 0.2) is 11.5 Å². The first-order chi connectivity index (χ1) is 10.6. The van der Waals surface area contributed by atoms with Crippen LogP contribution in [0.5, 0.6) is 17.2 Å².